The van der Waals surface area contributed by atoms with E-state index in [4.69, 9.17) is 0 Å². The first-order chi connectivity index (χ1) is 7.86. The fourth-order valence-corrected chi connectivity index (χ4v) is 2.31. The van der Waals surface area contributed by atoms with E-state index in [2.05, 4.69) is 58.8 Å². The van der Waals surface area contributed by atoms with Gasteiger partial charge in [-0.15, -0.1) is 0 Å². The molecule has 0 radical (unpaired) electrons. The van der Waals surface area contributed by atoms with Crippen molar-refractivity contribution < 1.29 is 0 Å². The number of nitrogens with one attached hydrogen (secondary N) is 1. The largest absolute Gasteiger partial charge is 0.312 e. The van der Waals surface area contributed by atoms with Crippen LogP contribution in [0.4, 0.5) is 0 Å². The molecule has 0 heterocycles. The lowest BCUT2D eigenvalue weighted by Gasteiger charge is -2.37. The number of nitrogens with zero attached hydrogens (tertiary/aromatic N) is 1. The van der Waals surface area contributed by atoms with Crippen LogP contribution in [0.15, 0.2) is 0 Å². The van der Waals surface area contributed by atoms with E-state index in [0.717, 1.165) is 19.1 Å². The molecule has 17 heavy (non-hydrogen) atoms. The third-order valence-electron chi connectivity index (χ3n) is 3.72. The highest BCUT2D eigenvalue weighted by molar-refractivity contribution is 4.84. The highest BCUT2D eigenvalue weighted by Crippen LogP contribution is 2.21. The number of hydrogen-bond acceptors (Lipinski definition) is 2. The molecular formula is C15H34N2. The Kier molecular flexibility index (Phi) is 8.06. The summed E-state index contributed by atoms with van der Waals surface area (Å²) in [4.78, 5) is 2.53. The molecule has 1 atom stereocenters. The molecule has 0 spiro atoms. The van der Waals surface area contributed by atoms with Crippen LogP contribution in [0.2, 0.25) is 0 Å². The number of rotatable bonds is 8. The van der Waals surface area contributed by atoms with Gasteiger partial charge in [0.2, 0.25) is 0 Å². The van der Waals surface area contributed by atoms with Crippen molar-refractivity contribution >= 4 is 0 Å². The first-order valence-corrected chi connectivity index (χ1v) is 7.30. The fraction of sp³-hybridized carbons (Fsp3) is 1.00. The maximum absolute atomic E-state index is 3.70. The Bertz CT molecular complexity index is 180. The van der Waals surface area contributed by atoms with Crippen LogP contribution >= 0.6 is 0 Å². The summed E-state index contributed by atoms with van der Waals surface area (Å²) in [5.41, 5.74) is 0.329. The Labute approximate surface area is 109 Å². The van der Waals surface area contributed by atoms with Gasteiger partial charge in [-0.2, -0.15) is 0 Å². The Balaban J connectivity index is 4.41. The second-order valence-electron chi connectivity index (χ2n) is 6.28. The topological polar surface area (TPSA) is 15.3 Å². The fourth-order valence-electron chi connectivity index (χ4n) is 2.31. The first kappa shape index (κ1) is 16.9. The van der Waals surface area contributed by atoms with Gasteiger partial charge in [-0.05, 0) is 38.3 Å². The molecule has 0 amide bonds. The van der Waals surface area contributed by atoms with E-state index in [-0.39, 0.29) is 0 Å². The van der Waals surface area contributed by atoms with Crippen molar-refractivity contribution in [3.05, 3.63) is 0 Å². The zero-order chi connectivity index (χ0) is 13.5. The number of likely N-dealkylation sites (N-methyl/N-ethyl adjacent to an activating group) is 1. The second-order valence-corrected chi connectivity index (χ2v) is 6.28. The van der Waals surface area contributed by atoms with E-state index >= 15 is 0 Å². The molecule has 104 valence electrons. The Morgan fingerprint density at radius 3 is 1.94 bits per heavy atom. The zero-order valence-electron chi connectivity index (χ0n) is 13.1. The molecule has 0 aromatic rings. The van der Waals surface area contributed by atoms with E-state index < -0.39 is 0 Å². The highest BCUT2D eigenvalue weighted by atomic mass is 15.2. The Morgan fingerprint density at radius 2 is 1.59 bits per heavy atom. The van der Waals surface area contributed by atoms with Crippen molar-refractivity contribution in [1.82, 2.24) is 10.2 Å². The average Bonchev–Trinajstić information content (AvgIpc) is 2.24. The molecule has 0 aliphatic heterocycles. The third-order valence-corrected chi connectivity index (χ3v) is 3.72. The minimum Gasteiger partial charge on any atom is -0.312 e. The molecule has 2 nitrogen and oxygen atoms in total. The van der Waals surface area contributed by atoms with Gasteiger partial charge in [-0.1, -0.05) is 41.5 Å². The summed E-state index contributed by atoms with van der Waals surface area (Å²) in [6.45, 7) is 16.1. The zero-order valence-corrected chi connectivity index (χ0v) is 13.1. The molecule has 0 aliphatic rings. The standard InChI is InChI=1S/C15H34N2/c1-8-11-16-14(15(4,5)6)12-17(7)13(9-2)10-3/h13-14,16H,8-12H2,1-7H3. The lowest BCUT2D eigenvalue weighted by atomic mass is 9.86. The predicted molar refractivity (Wildman–Crippen MR) is 78.5 cm³/mol. The van der Waals surface area contributed by atoms with Gasteiger partial charge in [-0.3, -0.25) is 0 Å². The van der Waals surface area contributed by atoms with Gasteiger partial charge in [-0.25, -0.2) is 0 Å². The molecule has 0 aromatic carbocycles. The maximum atomic E-state index is 3.70. The van der Waals surface area contributed by atoms with Gasteiger partial charge in [0, 0.05) is 18.6 Å². The van der Waals surface area contributed by atoms with Crippen LogP contribution in [0.3, 0.4) is 0 Å². The van der Waals surface area contributed by atoms with Crippen LogP contribution in [0.1, 0.15) is 60.8 Å². The van der Waals surface area contributed by atoms with Gasteiger partial charge in [0.15, 0.2) is 0 Å². The summed E-state index contributed by atoms with van der Waals surface area (Å²) in [6, 6.07) is 1.30. The highest BCUT2D eigenvalue weighted by Gasteiger charge is 2.26. The van der Waals surface area contributed by atoms with Crippen LogP contribution in [-0.4, -0.2) is 37.1 Å². The molecule has 1 N–H and O–H groups in total. The quantitative estimate of drug-likeness (QED) is 0.700. The van der Waals surface area contributed by atoms with Crippen molar-refractivity contribution in [3.8, 4) is 0 Å². The summed E-state index contributed by atoms with van der Waals surface area (Å²) in [5.74, 6) is 0. The van der Waals surface area contributed by atoms with E-state index in [9.17, 15) is 0 Å². The van der Waals surface area contributed by atoms with Crippen molar-refractivity contribution in [3.63, 3.8) is 0 Å². The van der Waals surface area contributed by atoms with E-state index in [1.54, 1.807) is 0 Å². The first-order valence-electron chi connectivity index (χ1n) is 7.30. The molecule has 0 bridgehead atoms. The third kappa shape index (κ3) is 6.42. The van der Waals surface area contributed by atoms with Crippen LogP contribution < -0.4 is 5.32 Å². The van der Waals surface area contributed by atoms with Crippen molar-refractivity contribution in [2.45, 2.75) is 72.9 Å². The smallest absolute Gasteiger partial charge is 0.0243 e. The van der Waals surface area contributed by atoms with Crippen LogP contribution in [0.25, 0.3) is 0 Å². The Hall–Kier alpha value is -0.0800. The monoisotopic (exact) mass is 242 g/mol. The summed E-state index contributed by atoms with van der Waals surface area (Å²) >= 11 is 0. The molecule has 0 saturated heterocycles. The summed E-state index contributed by atoms with van der Waals surface area (Å²) < 4.78 is 0. The SMILES string of the molecule is CCCNC(CN(C)C(CC)CC)C(C)(C)C. The van der Waals surface area contributed by atoms with Gasteiger partial charge in [0.05, 0.1) is 0 Å². The molecule has 0 aromatic heterocycles. The van der Waals surface area contributed by atoms with Crippen molar-refractivity contribution in [1.29, 1.82) is 0 Å². The predicted octanol–water partition coefficient (Wildman–Crippen LogP) is 3.52. The lowest BCUT2D eigenvalue weighted by molar-refractivity contribution is 0.153. The van der Waals surface area contributed by atoms with E-state index in [0.29, 0.717) is 11.5 Å². The van der Waals surface area contributed by atoms with Crippen LogP contribution in [0, 0.1) is 5.41 Å². The summed E-state index contributed by atoms with van der Waals surface area (Å²) in [7, 11) is 2.27. The molecule has 1 unspecified atom stereocenters. The van der Waals surface area contributed by atoms with E-state index in [1.807, 2.05) is 0 Å². The maximum Gasteiger partial charge on any atom is 0.0243 e. The van der Waals surface area contributed by atoms with Crippen molar-refractivity contribution in [2.24, 2.45) is 5.41 Å². The minimum atomic E-state index is 0.329. The number of hydrogen-bond donors (Lipinski definition) is 1. The molecule has 0 aliphatic carbocycles. The molecule has 0 saturated carbocycles. The van der Waals surface area contributed by atoms with Gasteiger partial charge >= 0.3 is 0 Å². The van der Waals surface area contributed by atoms with Gasteiger partial charge < -0.3 is 10.2 Å². The van der Waals surface area contributed by atoms with Crippen LogP contribution in [-0.2, 0) is 0 Å². The molecular weight excluding hydrogens is 208 g/mol. The van der Waals surface area contributed by atoms with Gasteiger partial charge in [0.25, 0.3) is 0 Å². The minimum absolute atomic E-state index is 0.329. The summed E-state index contributed by atoms with van der Waals surface area (Å²) in [6.07, 6.45) is 3.70. The van der Waals surface area contributed by atoms with Crippen LogP contribution in [0.5, 0.6) is 0 Å². The van der Waals surface area contributed by atoms with E-state index in [1.165, 1.54) is 19.3 Å². The van der Waals surface area contributed by atoms with Crippen molar-refractivity contribution in [2.75, 3.05) is 20.1 Å². The average molecular weight is 242 g/mol. The van der Waals surface area contributed by atoms with Gasteiger partial charge in [0.1, 0.15) is 0 Å². The molecule has 2 heteroatoms. The Morgan fingerprint density at radius 1 is 1.06 bits per heavy atom. The molecule has 0 fully saturated rings. The second kappa shape index (κ2) is 8.10. The lowest BCUT2D eigenvalue weighted by Crippen LogP contribution is -2.50. The normalized spacial score (nSPS) is 14.6. The summed E-state index contributed by atoms with van der Waals surface area (Å²) in [5, 5.41) is 3.70. The molecule has 0 rings (SSSR count).